The topological polar surface area (TPSA) is 21.3 Å². The predicted octanol–water partition coefficient (Wildman–Crippen LogP) is 4.04. The number of rotatable bonds is 6. The monoisotopic (exact) mass is 287 g/mol. The van der Waals surface area contributed by atoms with Gasteiger partial charge in [0.25, 0.3) is 0 Å². The number of hydrogen-bond acceptors (Lipinski definition) is 2. The fourth-order valence-corrected chi connectivity index (χ4v) is 2.42. The molecule has 0 aromatic heterocycles. The molecule has 1 atom stereocenters. The molecule has 2 aromatic rings. The van der Waals surface area contributed by atoms with Crippen LogP contribution in [0, 0.1) is 12.7 Å². The van der Waals surface area contributed by atoms with Gasteiger partial charge < -0.3 is 10.1 Å². The second kappa shape index (κ2) is 7.23. The smallest absolute Gasteiger partial charge is 0.131 e. The molecule has 3 heteroatoms. The van der Waals surface area contributed by atoms with Crippen molar-refractivity contribution in [3.8, 4) is 5.75 Å². The van der Waals surface area contributed by atoms with Gasteiger partial charge in [0.2, 0.25) is 0 Å². The summed E-state index contributed by atoms with van der Waals surface area (Å²) in [5, 5.41) is 3.36. The van der Waals surface area contributed by atoms with E-state index in [0.29, 0.717) is 11.3 Å². The summed E-state index contributed by atoms with van der Waals surface area (Å²) in [5.41, 5.74) is 3.11. The average Bonchev–Trinajstić information content (AvgIpc) is 2.49. The van der Waals surface area contributed by atoms with Gasteiger partial charge in [-0.15, -0.1) is 0 Å². The van der Waals surface area contributed by atoms with Gasteiger partial charge >= 0.3 is 0 Å². The van der Waals surface area contributed by atoms with Crippen LogP contribution in [0.25, 0.3) is 0 Å². The fourth-order valence-electron chi connectivity index (χ4n) is 2.42. The number of likely N-dealkylation sites (N-methyl/N-ethyl adjacent to an activating group) is 1. The molecule has 21 heavy (non-hydrogen) atoms. The minimum atomic E-state index is -0.229. The van der Waals surface area contributed by atoms with Crippen molar-refractivity contribution in [2.75, 3.05) is 13.7 Å². The Balaban J connectivity index is 2.24. The molecule has 0 fully saturated rings. The molecule has 1 unspecified atom stereocenters. The number of benzene rings is 2. The molecular weight excluding hydrogens is 265 g/mol. The van der Waals surface area contributed by atoms with Crippen LogP contribution in [-0.2, 0) is 6.42 Å². The fraction of sp³-hybridized carbons (Fsp3) is 0.333. The van der Waals surface area contributed by atoms with Gasteiger partial charge in [-0.25, -0.2) is 4.39 Å². The molecule has 0 aliphatic heterocycles. The van der Waals surface area contributed by atoms with Crippen molar-refractivity contribution in [2.24, 2.45) is 0 Å². The summed E-state index contributed by atoms with van der Waals surface area (Å²) in [6.45, 7) is 4.89. The van der Waals surface area contributed by atoms with Gasteiger partial charge in [0.15, 0.2) is 0 Å². The molecule has 0 heterocycles. The second-order valence-corrected chi connectivity index (χ2v) is 5.19. The van der Waals surface area contributed by atoms with E-state index >= 15 is 0 Å². The van der Waals surface area contributed by atoms with Gasteiger partial charge in [-0.3, -0.25) is 0 Å². The predicted molar refractivity (Wildman–Crippen MR) is 84.3 cm³/mol. The maximum absolute atomic E-state index is 14.3. The summed E-state index contributed by atoms with van der Waals surface area (Å²) in [7, 11) is 1.54. The lowest BCUT2D eigenvalue weighted by atomic mass is 9.97. The van der Waals surface area contributed by atoms with E-state index in [0.717, 1.165) is 13.0 Å². The van der Waals surface area contributed by atoms with Gasteiger partial charge in [-0.1, -0.05) is 42.8 Å². The molecular formula is C18H22FNO. The summed E-state index contributed by atoms with van der Waals surface area (Å²) in [6.07, 6.45) is 0.761. The SMILES string of the molecule is CCNC(Cc1ccc(C)cc1)c1ccc(OC)cc1F. The first-order chi connectivity index (χ1) is 10.1. The van der Waals surface area contributed by atoms with Crippen molar-refractivity contribution in [1.82, 2.24) is 5.32 Å². The van der Waals surface area contributed by atoms with E-state index in [-0.39, 0.29) is 11.9 Å². The Morgan fingerprint density at radius 3 is 2.43 bits per heavy atom. The molecule has 1 N–H and O–H groups in total. The number of ether oxygens (including phenoxy) is 1. The van der Waals surface area contributed by atoms with E-state index in [4.69, 9.17) is 4.74 Å². The van der Waals surface area contributed by atoms with Crippen LogP contribution in [0.15, 0.2) is 42.5 Å². The number of aryl methyl sites for hydroxylation is 1. The molecule has 2 aromatic carbocycles. The Morgan fingerprint density at radius 1 is 1.14 bits per heavy atom. The van der Waals surface area contributed by atoms with Crippen LogP contribution >= 0.6 is 0 Å². The Labute approximate surface area is 126 Å². The maximum Gasteiger partial charge on any atom is 0.131 e. The number of nitrogens with one attached hydrogen (secondary N) is 1. The van der Waals surface area contributed by atoms with E-state index in [1.807, 2.05) is 6.92 Å². The van der Waals surface area contributed by atoms with Crippen molar-refractivity contribution in [3.05, 3.63) is 65.0 Å². The van der Waals surface area contributed by atoms with Crippen molar-refractivity contribution in [3.63, 3.8) is 0 Å². The molecule has 0 saturated carbocycles. The number of methoxy groups -OCH3 is 1. The Hall–Kier alpha value is -1.87. The van der Waals surface area contributed by atoms with Crippen LogP contribution in [0.4, 0.5) is 4.39 Å². The Kier molecular flexibility index (Phi) is 5.34. The van der Waals surface area contributed by atoms with Crippen LogP contribution in [0.2, 0.25) is 0 Å². The summed E-state index contributed by atoms with van der Waals surface area (Å²) in [6, 6.07) is 13.4. The molecule has 0 bridgehead atoms. The highest BCUT2D eigenvalue weighted by Crippen LogP contribution is 2.25. The molecule has 0 amide bonds. The van der Waals surface area contributed by atoms with Crippen molar-refractivity contribution >= 4 is 0 Å². The molecule has 2 nitrogen and oxygen atoms in total. The number of halogens is 1. The molecule has 0 spiro atoms. The standard InChI is InChI=1S/C18H22FNO/c1-4-20-18(11-14-7-5-13(2)6-8-14)16-10-9-15(21-3)12-17(16)19/h5-10,12,18,20H,4,11H2,1-3H3. The summed E-state index contributed by atoms with van der Waals surface area (Å²) < 4.78 is 19.3. The van der Waals surface area contributed by atoms with Crippen molar-refractivity contribution in [1.29, 1.82) is 0 Å². The molecule has 2 rings (SSSR count). The summed E-state index contributed by atoms with van der Waals surface area (Å²) in [4.78, 5) is 0. The van der Waals surface area contributed by atoms with Crippen molar-refractivity contribution in [2.45, 2.75) is 26.3 Å². The third-order valence-electron chi connectivity index (χ3n) is 3.59. The Morgan fingerprint density at radius 2 is 1.86 bits per heavy atom. The van der Waals surface area contributed by atoms with Crippen LogP contribution in [0.1, 0.15) is 29.7 Å². The highest BCUT2D eigenvalue weighted by atomic mass is 19.1. The van der Waals surface area contributed by atoms with E-state index in [1.165, 1.54) is 17.2 Å². The normalized spacial score (nSPS) is 12.2. The Bertz CT molecular complexity index is 580. The zero-order valence-electron chi connectivity index (χ0n) is 12.8. The first-order valence-corrected chi connectivity index (χ1v) is 7.26. The van der Waals surface area contributed by atoms with E-state index in [9.17, 15) is 4.39 Å². The van der Waals surface area contributed by atoms with E-state index in [2.05, 4.69) is 36.5 Å². The summed E-state index contributed by atoms with van der Waals surface area (Å²) >= 11 is 0. The minimum absolute atomic E-state index is 0.0383. The van der Waals surface area contributed by atoms with Gasteiger partial charge in [0.05, 0.1) is 7.11 Å². The maximum atomic E-state index is 14.3. The van der Waals surface area contributed by atoms with Gasteiger partial charge in [-0.05, 0) is 31.5 Å². The zero-order chi connectivity index (χ0) is 15.2. The largest absolute Gasteiger partial charge is 0.497 e. The lowest BCUT2D eigenvalue weighted by molar-refractivity contribution is 0.409. The van der Waals surface area contributed by atoms with Crippen LogP contribution in [0.3, 0.4) is 0 Å². The number of hydrogen-bond donors (Lipinski definition) is 1. The third-order valence-corrected chi connectivity index (χ3v) is 3.59. The molecule has 0 saturated heterocycles. The molecule has 0 aliphatic rings. The van der Waals surface area contributed by atoms with Crippen molar-refractivity contribution < 1.29 is 9.13 Å². The quantitative estimate of drug-likeness (QED) is 0.866. The van der Waals surface area contributed by atoms with Crippen LogP contribution in [-0.4, -0.2) is 13.7 Å². The van der Waals surface area contributed by atoms with Crippen LogP contribution in [0.5, 0.6) is 5.75 Å². The second-order valence-electron chi connectivity index (χ2n) is 5.19. The minimum Gasteiger partial charge on any atom is -0.497 e. The first-order valence-electron chi connectivity index (χ1n) is 7.26. The summed E-state index contributed by atoms with van der Waals surface area (Å²) in [5.74, 6) is 0.314. The third kappa shape index (κ3) is 4.05. The van der Waals surface area contributed by atoms with Gasteiger partial charge in [-0.2, -0.15) is 0 Å². The highest BCUT2D eigenvalue weighted by Gasteiger charge is 2.16. The molecule has 0 radical (unpaired) electrons. The first kappa shape index (κ1) is 15.5. The lowest BCUT2D eigenvalue weighted by Crippen LogP contribution is -2.24. The van der Waals surface area contributed by atoms with Gasteiger partial charge in [0, 0.05) is 17.7 Å². The van der Waals surface area contributed by atoms with E-state index < -0.39 is 0 Å². The van der Waals surface area contributed by atoms with Gasteiger partial charge in [0.1, 0.15) is 11.6 Å². The zero-order valence-corrected chi connectivity index (χ0v) is 12.8. The highest BCUT2D eigenvalue weighted by molar-refractivity contribution is 5.32. The van der Waals surface area contributed by atoms with Crippen LogP contribution < -0.4 is 10.1 Å². The lowest BCUT2D eigenvalue weighted by Gasteiger charge is -2.19. The molecule has 112 valence electrons. The molecule has 0 aliphatic carbocycles. The van der Waals surface area contributed by atoms with E-state index in [1.54, 1.807) is 19.2 Å². The average molecular weight is 287 g/mol.